The van der Waals surface area contributed by atoms with Gasteiger partial charge in [0.1, 0.15) is 5.82 Å². The lowest BCUT2D eigenvalue weighted by molar-refractivity contribution is -0.145. The van der Waals surface area contributed by atoms with E-state index >= 15 is 0 Å². The molecule has 1 atom stereocenters. The zero-order chi connectivity index (χ0) is 14.5. The van der Waals surface area contributed by atoms with Crippen LogP contribution >= 0.6 is 0 Å². The van der Waals surface area contributed by atoms with Crippen molar-refractivity contribution in [1.82, 2.24) is 20.0 Å². The number of hydrogen-bond donors (Lipinski definition) is 0. The first kappa shape index (κ1) is 14.1. The zero-order valence-corrected chi connectivity index (χ0v) is 11.3. The maximum absolute atomic E-state index is 13.1. The molecule has 0 aliphatic rings. The normalized spacial score (nSPS) is 12.2. The number of ether oxygens (including phenoxy) is 1. The Morgan fingerprint density at radius 3 is 2.95 bits per heavy atom. The third-order valence-electron chi connectivity index (χ3n) is 2.98. The number of aromatic nitrogens is 4. The molecule has 2 aromatic rings. The van der Waals surface area contributed by atoms with Crippen molar-refractivity contribution in [2.24, 2.45) is 5.92 Å². The van der Waals surface area contributed by atoms with E-state index in [0.717, 1.165) is 6.20 Å². The van der Waals surface area contributed by atoms with E-state index in [1.165, 1.54) is 24.1 Å². The number of methoxy groups -OCH3 is 1. The molecule has 2 heterocycles. The van der Waals surface area contributed by atoms with Gasteiger partial charge in [0.2, 0.25) is 0 Å². The standard InChI is InChI=1S/C13H15FN4O2/c1-3-9(13(19)20-2)4-11-8-18(17-16-11)12-5-10(14)6-15-7-12/h5-9H,3-4H2,1-2H3. The molecule has 0 saturated heterocycles. The molecule has 0 bridgehead atoms. The Bertz CT molecular complexity index is 600. The second-order valence-electron chi connectivity index (χ2n) is 4.35. The molecule has 0 N–H and O–H groups in total. The van der Waals surface area contributed by atoms with Crippen LogP contribution < -0.4 is 0 Å². The van der Waals surface area contributed by atoms with Crippen LogP contribution in [0.1, 0.15) is 19.0 Å². The van der Waals surface area contributed by atoms with Crippen molar-refractivity contribution in [2.45, 2.75) is 19.8 Å². The number of rotatable bonds is 5. The van der Waals surface area contributed by atoms with Crippen LogP contribution in [0.4, 0.5) is 4.39 Å². The molecule has 106 valence electrons. The molecule has 0 aliphatic heterocycles. The van der Waals surface area contributed by atoms with Gasteiger partial charge in [0.05, 0.1) is 43.0 Å². The van der Waals surface area contributed by atoms with Crippen LogP contribution in [0.3, 0.4) is 0 Å². The number of hydrogen-bond acceptors (Lipinski definition) is 5. The second kappa shape index (κ2) is 6.23. The van der Waals surface area contributed by atoms with Gasteiger partial charge in [-0.3, -0.25) is 9.78 Å². The van der Waals surface area contributed by atoms with Crippen LogP contribution in [0, 0.1) is 11.7 Å². The number of nitrogens with zero attached hydrogens (tertiary/aromatic N) is 4. The minimum Gasteiger partial charge on any atom is -0.469 e. The Labute approximate surface area is 115 Å². The molecule has 0 fully saturated rings. The highest BCUT2D eigenvalue weighted by Crippen LogP contribution is 2.13. The van der Waals surface area contributed by atoms with Gasteiger partial charge < -0.3 is 4.74 Å². The maximum atomic E-state index is 13.1. The monoisotopic (exact) mass is 278 g/mol. The Kier molecular flexibility index (Phi) is 4.39. The maximum Gasteiger partial charge on any atom is 0.309 e. The average molecular weight is 278 g/mol. The van der Waals surface area contributed by atoms with Gasteiger partial charge in [-0.05, 0) is 6.42 Å². The predicted octanol–water partition coefficient (Wildman–Crippen LogP) is 1.54. The van der Waals surface area contributed by atoms with Gasteiger partial charge in [-0.2, -0.15) is 0 Å². The Balaban J connectivity index is 2.15. The molecule has 20 heavy (non-hydrogen) atoms. The summed E-state index contributed by atoms with van der Waals surface area (Å²) in [7, 11) is 1.36. The van der Waals surface area contributed by atoms with Crippen LogP contribution in [0.5, 0.6) is 0 Å². The van der Waals surface area contributed by atoms with Gasteiger partial charge in [0, 0.05) is 12.5 Å². The molecule has 1 unspecified atom stereocenters. The SMILES string of the molecule is CCC(Cc1cn(-c2cncc(F)c2)nn1)C(=O)OC. The molecule has 0 radical (unpaired) electrons. The predicted molar refractivity (Wildman–Crippen MR) is 68.6 cm³/mol. The summed E-state index contributed by atoms with van der Waals surface area (Å²) in [5.41, 5.74) is 1.13. The van der Waals surface area contributed by atoms with Crippen molar-refractivity contribution in [3.05, 3.63) is 36.2 Å². The minimum atomic E-state index is -0.444. The lowest BCUT2D eigenvalue weighted by Gasteiger charge is -2.09. The summed E-state index contributed by atoms with van der Waals surface area (Å²) in [4.78, 5) is 15.3. The lowest BCUT2D eigenvalue weighted by Crippen LogP contribution is -2.18. The van der Waals surface area contributed by atoms with E-state index in [-0.39, 0.29) is 11.9 Å². The highest BCUT2D eigenvalue weighted by atomic mass is 19.1. The van der Waals surface area contributed by atoms with Crippen LogP contribution in [0.25, 0.3) is 5.69 Å². The van der Waals surface area contributed by atoms with E-state index in [9.17, 15) is 9.18 Å². The topological polar surface area (TPSA) is 69.9 Å². The summed E-state index contributed by atoms with van der Waals surface area (Å²) in [6, 6.07) is 1.31. The highest BCUT2D eigenvalue weighted by molar-refractivity contribution is 5.72. The van der Waals surface area contributed by atoms with Crippen molar-refractivity contribution in [3.63, 3.8) is 0 Å². The molecule has 0 spiro atoms. The van der Waals surface area contributed by atoms with Gasteiger partial charge in [-0.15, -0.1) is 5.10 Å². The zero-order valence-electron chi connectivity index (χ0n) is 11.3. The molecule has 0 amide bonds. The average Bonchev–Trinajstić information content (AvgIpc) is 2.92. The van der Waals surface area contributed by atoms with Crippen LogP contribution in [0.15, 0.2) is 24.7 Å². The third-order valence-corrected chi connectivity index (χ3v) is 2.98. The number of carbonyl (C=O) groups excluding carboxylic acids is 1. The van der Waals surface area contributed by atoms with Crippen molar-refractivity contribution in [3.8, 4) is 5.69 Å². The fourth-order valence-corrected chi connectivity index (χ4v) is 1.86. The quantitative estimate of drug-likeness (QED) is 0.776. The Hall–Kier alpha value is -2.31. The van der Waals surface area contributed by atoms with Gasteiger partial charge in [-0.25, -0.2) is 9.07 Å². The first-order chi connectivity index (χ1) is 9.63. The first-order valence-corrected chi connectivity index (χ1v) is 6.24. The summed E-state index contributed by atoms with van der Waals surface area (Å²) in [5, 5.41) is 7.89. The van der Waals surface area contributed by atoms with Crippen molar-refractivity contribution in [2.75, 3.05) is 7.11 Å². The van der Waals surface area contributed by atoms with E-state index in [1.807, 2.05) is 6.92 Å². The molecule has 0 saturated carbocycles. The molecule has 2 aromatic heterocycles. The van der Waals surface area contributed by atoms with E-state index < -0.39 is 5.82 Å². The largest absolute Gasteiger partial charge is 0.469 e. The molecule has 0 aliphatic carbocycles. The van der Waals surface area contributed by atoms with Gasteiger partial charge in [0.15, 0.2) is 0 Å². The summed E-state index contributed by atoms with van der Waals surface area (Å²) >= 11 is 0. The van der Waals surface area contributed by atoms with E-state index in [1.54, 1.807) is 6.20 Å². The minimum absolute atomic E-state index is 0.254. The molecular weight excluding hydrogens is 263 g/mol. The molecule has 6 nitrogen and oxygen atoms in total. The second-order valence-corrected chi connectivity index (χ2v) is 4.35. The Morgan fingerprint density at radius 1 is 1.50 bits per heavy atom. The smallest absolute Gasteiger partial charge is 0.309 e. The van der Waals surface area contributed by atoms with Gasteiger partial charge >= 0.3 is 5.97 Å². The number of esters is 1. The highest BCUT2D eigenvalue weighted by Gasteiger charge is 2.19. The van der Waals surface area contributed by atoms with Crippen LogP contribution in [-0.2, 0) is 16.0 Å². The summed E-state index contributed by atoms with van der Waals surface area (Å²) in [6.45, 7) is 1.91. The van der Waals surface area contributed by atoms with Crippen molar-refractivity contribution >= 4 is 5.97 Å². The number of halogens is 1. The number of pyridine rings is 1. The summed E-state index contributed by atoms with van der Waals surface area (Å²) < 4.78 is 19.2. The van der Waals surface area contributed by atoms with Crippen molar-refractivity contribution in [1.29, 1.82) is 0 Å². The molecule has 0 aromatic carbocycles. The molecular formula is C13H15FN4O2. The fraction of sp³-hybridized carbons (Fsp3) is 0.385. The van der Waals surface area contributed by atoms with E-state index in [2.05, 4.69) is 15.3 Å². The molecule has 7 heteroatoms. The van der Waals surface area contributed by atoms with Gasteiger partial charge in [-0.1, -0.05) is 12.1 Å². The first-order valence-electron chi connectivity index (χ1n) is 6.24. The number of carbonyl (C=O) groups is 1. The third kappa shape index (κ3) is 3.17. The van der Waals surface area contributed by atoms with E-state index in [0.29, 0.717) is 24.2 Å². The van der Waals surface area contributed by atoms with Crippen LogP contribution in [0.2, 0.25) is 0 Å². The van der Waals surface area contributed by atoms with Crippen LogP contribution in [-0.4, -0.2) is 33.1 Å². The van der Waals surface area contributed by atoms with E-state index in [4.69, 9.17) is 4.74 Å². The lowest BCUT2D eigenvalue weighted by atomic mass is 10.0. The summed E-state index contributed by atoms with van der Waals surface area (Å²) in [5.74, 6) is -0.967. The Morgan fingerprint density at radius 2 is 2.30 bits per heavy atom. The molecule has 2 rings (SSSR count). The van der Waals surface area contributed by atoms with Gasteiger partial charge in [0.25, 0.3) is 0 Å². The van der Waals surface area contributed by atoms with Crippen molar-refractivity contribution < 1.29 is 13.9 Å². The summed E-state index contributed by atoms with van der Waals surface area (Å²) in [6.07, 6.45) is 5.35. The fourth-order valence-electron chi connectivity index (χ4n) is 1.86.